The Kier molecular flexibility index (Phi) is 4.31. The van der Waals surface area contributed by atoms with E-state index in [0.29, 0.717) is 41.9 Å². The molecule has 0 unspecified atom stereocenters. The molecule has 2 aliphatic rings. The summed E-state index contributed by atoms with van der Waals surface area (Å²) >= 11 is 0. The van der Waals surface area contributed by atoms with Crippen LogP contribution in [0.3, 0.4) is 0 Å². The van der Waals surface area contributed by atoms with Crippen molar-refractivity contribution in [2.24, 2.45) is 0 Å². The second kappa shape index (κ2) is 6.27. The number of esters is 1. The van der Waals surface area contributed by atoms with Crippen molar-refractivity contribution in [3.05, 3.63) is 52.5 Å². The first-order valence-corrected chi connectivity index (χ1v) is 8.24. The maximum absolute atomic E-state index is 12.6. The van der Waals surface area contributed by atoms with Crippen LogP contribution in [0.5, 0.6) is 5.75 Å². The van der Waals surface area contributed by atoms with Crippen LogP contribution in [0.15, 0.2) is 39.9 Å². The normalized spacial score (nSPS) is 25.7. The van der Waals surface area contributed by atoms with E-state index >= 15 is 0 Å². The monoisotopic (exact) mass is 326 g/mol. The lowest BCUT2D eigenvalue weighted by atomic mass is 9.89. The van der Waals surface area contributed by atoms with E-state index in [0.717, 1.165) is 11.1 Å². The van der Waals surface area contributed by atoms with Crippen LogP contribution in [0.2, 0.25) is 0 Å². The second-order valence-corrected chi connectivity index (χ2v) is 6.79. The highest BCUT2D eigenvalue weighted by Crippen LogP contribution is 2.38. The van der Waals surface area contributed by atoms with Gasteiger partial charge in [-0.15, -0.1) is 0 Å². The van der Waals surface area contributed by atoms with Gasteiger partial charge in [0.15, 0.2) is 0 Å². The molecule has 126 valence electrons. The average molecular weight is 326 g/mol. The summed E-state index contributed by atoms with van der Waals surface area (Å²) < 4.78 is 11.4. The largest absolute Gasteiger partial charge is 0.866 e. The number of carbonyl (C=O) groups is 1. The Morgan fingerprint density at radius 2 is 2.17 bits per heavy atom. The molecule has 3 rings (SSSR count). The van der Waals surface area contributed by atoms with Gasteiger partial charge in [0, 0.05) is 24.1 Å². The Morgan fingerprint density at radius 3 is 2.88 bits per heavy atom. The molecule has 4 bridgehead atoms. The van der Waals surface area contributed by atoms with Crippen molar-refractivity contribution >= 4 is 12.0 Å². The number of carbonyl (C=O) groups excluding carboxylic acids is 1. The first-order chi connectivity index (χ1) is 11.3. The molecular weight excluding hydrogens is 304 g/mol. The lowest BCUT2D eigenvalue weighted by Crippen LogP contribution is -2.09. The van der Waals surface area contributed by atoms with E-state index in [2.05, 4.69) is 6.58 Å². The minimum absolute atomic E-state index is 0.0873. The molecule has 0 N–H and O–H groups in total. The van der Waals surface area contributed by atoms with Crippen molar-refractivity contribution in [3.8, 4) is 5.75 Å². The number of fused-ring (bicyclic) bond motifs is 3. The molecule has 0 fully saturated rings. The van der Waals surface area contributed by atoms with Crippen LogP contribution in [0.4, 0.5) is 0 Å². The van der Waals surface area contributed by atoms with Gasteiger partial charge in [-0.3, -0.25) is 0 Å². The molecule has 4 heteroatoms. The average Bonchev–Trinajstić information content (AvgIpc) is 2.82. The van der Waals surface area contributed by atoms with Crippen molar-refractivity contribution in [1.29, 1.82) is 0 Å². The summed E-state index contributed by atoms with van der Waals surface area (Å²) in [5.74, 6) is 0.507. The van der Waals surface area contributed by atoms with Crippen molar-refractivity contribution in [2.45, 2.75) is 52.1 Å². The van der Waals surface area contributed by atoms with Crippen molar-refractivity contribution < 1.29 is 19.1 Å². The standard InChI is InChI=1S/C20H22O4/c1-11(2)17-6-5-14-10-16(24-20(14)22)8-12(3)7-15-9-13(4)18(21)19(17)23-15/h7,9-10,16-17H,1,5-6,8H2,2-4H3/b12-7-/t16-,17-/m0/s1. The first-order valence-electron chi connectivity index (χ1n) is 8.24. The van der Waals surface area contributed by atoms with Gasteiger partial charge in [0.2, 0.25) is 0 Å². The topological polar surface area (TPSA) is 60.7 Å². The van der Waals surface area contributed by atoms with Gasteiger partial charge in [0.1, 0.15) is 6.10 Å². The van der Waals surface area contributed by atoms with Gasteiger partial charge in [0.25, 0.3) is 0 Å². The van der Waals surface area contributed by atoms with Crippen LogP contribution in [0, 0.1) is 6.92 Å². The smallest absolute Gasteiger partial charge is 0.353 e. The van der Waals surface area contributed by atoms with Crippen LogP contribution in [0.1, 0.15) is 56.1 Å². The molecule has 0 amide bonds. The zero-order chi connectivity index (χ0) is 17.4. The fourth-order valence-corrected chi connectivity index (χ4v) is 3.32. The van der Waals surface area contributed by atoms with E-state index in [4.69, 9.17) is 9.15 Å². The van der Waals surface area contributed by atoms with Crippen LogP contribution in [0.25, 0.3) is 6.08 Å². The Balaban J connectivity index is 2.12. The predicted molar refractivity (Wildman–Crippen MR) is 90.3 cm³/mol. The molecule has 1 aromatic rings. The second-order valence-electron chi connectivity index (χ2n) is 6.79. The highest BCUT2D eigenvalue weighted by Gasteiger charge is 2.31. The number of rotatable bonds is 1. The van der Waals surface area contributed by atoms with Gasteiger partial charge in [0.05, 0.1) is 5.92 Å². The van der Waals surface area contributed by atoms with Gasteiger partial charge in [-0.25, -0.2) is 9.21 Å². The van der Waals surface area contributed by atoms with Gasteiger partial charge in [-0.1, -0.05) is 17.7 Å². The van der Waals surface area contributed by atoms with E-state index in [-0.39, 0.29) is 23.7 Å². The molecule has 0 aromatic carbocycles. The summed E-state index contributed by atoms with van der Waals surface area (Å²) in [5, 5.41) is 12.6. The molecule has 0 radical (unpaired) electrons. The van der Waals surface area contributed by atoms with E-state index < -0.39 is 0 Å². The molecule has 2 aliphatic heterocycles. The Morgan fingerprint density at radius 1 is 1.42 bits per heavy atom. The van der Waals surface area contributed by atoms with E-state index in [1.165, 1.54) is 0 Å². The summed E-state index contributed by atoms with van der Waals surface area (Å²) in [4.78, 5) is 12.0. The van der Waals surface area contributed by atoms with E-state index in [9.17, 15) is 9.90 Å². The minimum Gasteiger partial charge on any atom is -0.866 e. The first kappa shape index (κ1) is 16.5. The van der Waals surface area contributed by atoms with Crippen LogP contribution >= 0.6 is 0 Å². The number of hydrogen-bond acceptors (Lipinski definition) is 3. The number of ether oxygens (including phenoxy) is 1. The quantitative estimate of drug-likeness (QED) is 0.444. The van der Waals surface area contributed by atoms with Gasteiger partial charge < -0.3 is 9.84 Å². The number of allylic oxidation sites excluding steroid dienone is 1. The van der Waals surface area contributed by atoms with Gasteiger partial charge >= 0.3 is 17.5 Å². The van der Waals surface area contributed by atoms with Crippen molar-refractivity contribution in [3.63, 3.8) is 0 Å². The third-order valence-electron chi connectivity index (χ3n) is 4.60. The van der Waals surface area contributed by atoms with Gasteiger partial charge in [-0.05, 0) is 51.0 Å². The maximum atomic E-state index is 12.6. The Hall–Kier alpha value is -2.36. The third kappa shape index (κ3) is 3.14. The molecule has 0 aliphatic carbocycles. The molecule has 0 saturated heterocycles. The summed E-state index contributed by atoms with van der Waals surface area (Å²) in [6.45, 7) is 9.67. The van der Waals surface area contributed by atoms with E-state index in [1.807, 2.05) is 26.0 Å². The fourth-order valence-electron chi connectivity index (χ4n) is 3.32. The van der Waals surface area contributed by atoms with Crippen LogP contribution in [-0.4, -0.2) is 12.1 Å². The number of aryl methyl sites for hydroxylation is 1. The Bertz CT molecular complexity index is 770. The van der Waals surface area contributed by atoms with Crippen LogP contribution < -0.4 is 5.11 Å². The molecule has 0 spiro atoms. The SMILES string of the molecule is C=C(C)[C@@H]1CCC2=C[C@H](C/C(C)=C\c3cc(C)c([O-])c1[o+]3)OC2=O. The molecule has 0 saturated carbocycles. The highest BCUT2D eigenvalue weighted by atomic mass is 16.5. The Labute approximate surface area is 142 Å². The van der Waals surface area contributed by atoms with Gasteiger partial charge in [-0.2, -0.15) is 0 Å². The predicted octanol–water partition coefficient (Wildman–Crippen LogP) is 4.04. The summed E-state index contributed by atoms with van der Waals surface area (Å²) in [5.41, 5.74) is 3.23. The maximum Gasteiger partial charge on any atom is 0.353 e. The molecule has 24 heavy (non-hydrogen) atoms. The van der Waals surface area contributed by atoms with Crippen LogP contribution in [-0.2, 0) is 9.53 Å². The van der Waals surface area contributed by atoms with Crippen molar-refractivity contribution in [1.82, 2.24) is 0 Å². The third-order valence-corrected chi connectivity index (χ3v) is 4.60. The lowest BCUT2D eigenvalue weighted by Gasteiger charge is -2.16. The highest BCUT2D eigenvalue weighted by molar-refractivity contribution is 5.90. The van der Waals surface area contributed by atoms with E-state index in [1.54, 1.807) is 13.0 Å². The zero-order valence-electron chi connectivity index (χ0n) is 14.3. The fraction of sp³-hybridized carbons (Fsp3) is 0.400. The molecular formula is C20H22O4. The molecule has 4 nitrogen and oxygen atoms in total. The number of hydrogen-bond donors (Lipinski definition) is 0. The van der Waals surface area contributed by atoms with Crippen molar-refractivity contribution in [2.75, 3.05) is 0 Å². The summed E-state index contributed by atoms with van der Waals surface area (Å²) in [6, 6.07) is 1.76. The molecule has 1 aromatic heterocycles. The lowest BCUT2D eigenvalue weighted by molar-refractivity contribution is -0.272. The summed E-state index contributed by atoms with van der Waals surface area (Å²) in [7, 11) is 0. The summed E-state index contributed by atoms with van der Waals surface area (Å²) in [6.07, 6.45) is 5.38. The minimum atomic E-state index is -0.255. The zero-order valence-corrected chi connectivity index (χ0v) is 14.3. The molecule has 2 atom stereocenters. The molecule has 3 heterocycles.